The van der Waals surface area contributed by atoms with Crippen molar-refractivity contribution in [1.29, 1.82) is 0 Å². The molecule has 6 heteroatoms. The molecule has 1 N–H and O–H groups in total. The van der Waals surface area contributed by atoms with Crippen LogP contribution in [0.2, 0.25) is 0 Å². The number of nitrogens with zero attached hydrogens (tertiary/aromatic N) is 2. The predicted molar refractivity (Wildman–Crippen MR) is 110 cm³/mol. The van der Waals surface area contributed by atoms with Gasteiger partial charge in [-0.3, -0.25) is 14.9 Å². The number of hydrogen-bond donors (Lipinski definition) is 1. The van der Waals surface area contributed by atoms with Gasteiger partial charge in [0.2, 0.25) is 0 Å². The second kappa shape index (κ2) is 9.17. The third kappa shape index (κ3) is 4.57. The molecule has 0 atom stereocenters. The van der Waals surface area contributed by atoms with E-state index >= 15 is 0 Å². The molecule has 0 aliphatic rings. The fourth-order valence-corrected chi connectivity index (χ4v) is 2.98. The van der Waals surface area contributed by atoms with Crippen molar-refractivity contribution in [3.63, 3.8) is 0 Å². The fourth-order valence-electron chi connectivity index (χ4n) is 2.98. The van der Waals surface area contributed by atoms with Crippen molar-refractivity contribution in [2.75, 3.05) is 13.7 Å². The molecule has 0 unspecified atom stereocenters. The van der Waals surface area contributed by atoms with E-state index in [-0.39, 0.29) is 11.4 Å². The van der Waals surface area contributed by atoms with Crippen LogP contribution in [0.15, 0.2) is 58.3 Å². The number of ether oxygens (including phenoxy) is 1. The number of hydrogen-bond acceptors (Lipinski definition) is 3. The molecule has 1 aromatic heterocycles. The molecule has 146 valence electrons. The summed E-state index contributed by atoms with van der Waals surface area (Å²) < 4.78 is 19.8. The quantitative estimate of drug-likeness (QED) is 0.601. The minimum Gasteiger partial charge on any atom is -0.497 e. The van der Waals surface area contributed by atoms with Gasteiger partial charge in [0, 0.05) is 18.5 Å². The van der Waals surface area contributed by atoms with E-state index in [9.17, 15) is 9.18 Å². The van der Waals surface area contributed by atoms with E-state index in [4.69, 9.17) is 4.74 Å². The molecule has 2 aromatic carbocycles. The number of benzene rings is 2. The normalized spacial score (nSPS) is 11.2. The lowest BCUT2D eigenvalue weighted by atomic mass is 10.1. The highest BCUT2D eigenvalue weighted by Crippen LogP contribution is 2.12. The van der Waals surface area contributed by atoms with Crippen molar-refractivity contribution in [3.05, 3.63) is 81.5 Å². The molecule has 0 aliphatic heterocycles. The van der Waals surface area contributed by atoms with Crippen LogP contribution in [0.3, 0.4) is 0 Å². The van der Waals surface area contributed by atoms with Crippen molar-refractivity contribution in [3.8, 4) is 11.4 Å². The molecular weight excluding hydrogens is 357 g/mol. The maximum Gasteiger partial charge on any atom is 0.280 e. The minimum absolute atomic E-state index is 0.178. The van der Waals surface area contributed by atoms with Crippen LogP contribution in [0.1, 0.15) is 30.2 Å². The molecule has 0 fully saturated rings. The molecule has 0 saturated carbocycles. The number of methoxy groups -OCH3 is 1. The van der Waals surface area contributed by atoms with Gasteiger partial charge in [-0.05, 0) is 54.8 Å². The summed E-state index contributed by atoms with van der Waals surface area (Å²) in [5.74, 6) is 0.489. The summed E-state index contributed by atoms with van der Waals surface area (Å²) in [5, 5.41) is 3.13. The number of rotatable bonds is 8. The molecule has 0 amide bonds. The zero-order valence-corrected chi connectivity index (χ0v) is 16.1. The summed E-state index contributed by atoms with van der Waals surface area (Å²) in [7, 11) is 1.64. The molecule has 5 nitrogen and oxygen atoms in total. The molecule has 0 aliphatic carbocycles. The predicted octanol–water partition coefficient (Wildman–Crippen LogP) is 3.93. The van der Waals surface area contributed by atoms with Gasteiger partial charge < -0.3 is 4.74 Å². The smallest absolute Gasteiger partial charge is 0.280 e. The van der Waals surface area contributed by atoms with E-state index < -0.39 is 0 Å². The van der Waals surface area contributed by atoms with Crippen LogP contribution in [0, 0.1) is 5.82 Å². The molecule has 0 saturated heterocycles. The monoisotopic (exact) mass is 381 g/mol. The van der Waals surface area contributed by atoms with Crippen molar-refractivity contribution < 1.29 is 9.13 Å². The van der Waals surface area contributed by atoms with Gasteiger partial charge in [-0.25, -0.2) is 9.07 Å². The van der Waals surface area contributed by atoms with Crippen LogP contribution in [0.4, 0.5) is 4.39 Å². The molecule has 1 heterocycles. The lowest BCUT2D eigenvalue weighted by Crippen LogP contribution is -2.17. The van der Waals surface area contributed by atoms with Gasteiger partial charge in [-0.2, -0.15) is 0 Å². The average Bonchev–Trinajstić information content (AvgIpc) is 3.02. The van der Waals surface area contributed by atoms with Crippen molar-refractivity contribution >= 4 is 6.21 Å². The van der Waals surface area contributed by atoms with Crippen LogP contribution in [0.5, 0.6) is 5.75 Å². The van der Waals surface area contributed by atoms with E-state index in [0.717, 1.165) is 36.3 Å². The molecule has 28 heavy (non-hydrogen) atoms. The molecule has 0 spiro atoms. The Hall–Kier alpha value is -3.15. The average molecular weight is 381 g/mol. The van der Waals surface area contributed by atoms with Gasteiger partial charge >= 0.3 is 0 Å². The maximum absolute atomic E-state index is 13.2. The number of aryl methyl sites for hydroxylation is 1. The Morgan fingerprint density at radius 3 is 2.46 bits per heavy atom. The Bertz CT molecular complexity index is 986. The minimum atomic E-state index is -0.336. The molecule has 0 bridgehead atoms. The number of aromatic nitrogens is 2. The van der Waals surface area contributed by atoms with E-state index in [2.05, 4.69) is 17.0 Å². The Morgan fingerprint density at radius 2 is 1.82 bits per heavy atom. The van der Waals surface area contributed by atoms with Gasteiger partial charge in [0.25, 0.3) is 5.56 Å². The van der Waals surface area contributed by atoms with Gasteiger partial charge in [0.05, 0.1) is 18.4 Å². The Labute approximate surface area is 163 Å². The van der Waals surface area contributed by atoms with E-state index in [1.54, 1.807) is 25.5 Å². The van der Waals surface area contributed by atoms with Gasteiger partial charge in [0.1, 0.15) is 11.6 Å². The summed E-state index contributed by atoms with van der Waals surface area (Å²) in [6.07, 6.45) is 4.06. The molecule has 3 rings (SSSR count). The van der Waals surface area contributed by atoms with Crippen LogP contribution in [-0.2, 0) is 12.8 Å². The number of H-pyrrole nitrogens is 1. The number of aromatic amines is 1. The topological polar surface area (TPSA) is 59.4 Å². The Kier molecular flexibility index (Phi) is 6.42. The summed E-state index contributed by atoms with van der Waals surface area (Å²) >= 11 is 0. The van der Waals surface area contributed by atoms with Gasteiger partial charge in [-0.1, -0.05) is 25.5 Å². The summed E-state index contributed by atoms with van der Waals surface area (Å²) in [6, 6.07) is 13.7. The summed E-state index contributed by atoms with van der Waals surface area (Å²) in [5.41, 5.74) is 2.97. The largest absolute Gasteiger partial charge is 0.497 e. The highest BCUT2D eigenvalue weighted by Gasteiger charge is 2.13. The van der Waals surface area contributed by atoms with Crippen molar-refractivity contribution in [2.45, 2.75) is 26.2 Å². The number of halogens is 1. The first kappa shape index (κ1) is 19.6. The zero-order chi connectivity index (χ0) is 19.9. The van der Waals surface area contributed by atoms with E-state index in [1.807, 2.05) is 24.3 Å². The zero-order valence-electron chi connectivity index (χ0n) is 16.1. The number of aliphatic imine (C=N–C) groups is 1. The second-order valence-electron chi connectivity index (χ2n) is 6.50. The first-order chi connectivity index (χ1) is 13.6. The third-order valence-corrected chi connectivity index (χ3v) is 4.50. The molecular formula is C22H24FN3O2. The Balaban J connectivity index is 1.76. The Morgan fingerprint density at radius 1 is 1.11 bits per heavy atom. The SMILES string of the molecule is CCCc1[nH]n(-c2ccc(F)cc2)c(=O)c1C=NCCc1ccc(OC)cc1. The lowest BCUT2D eigenvalue weighted by Gasteiger charge is -2.01. The van der Waals surface area contributed by atoms with Crippen molar-refractivity contribution in [2.24, 2.45) is 4.99 Å². The first-order valence-electron chi connectivity index (χ1n) is 9.35. The highest BCUT2D eigenvalue weighted by molar-refractivity contribution is 5.80. The van der Waals surface area contributed by atoms with Gasteiger partial charge in [0.15, 0.2) is 0 Å². The fraction of sp³-hybridized carbons (Fsp3) is 0.273. The van der Waals surface area contributed by atoms with Crippen LogP contribution in [-0.4, -0.2) is 29.6 Å². The van der Waals surface area contributed by atoms with E-state index in [1.165, 1.54) is 16.8 Å². The lowest BCUT2D eigenvalue weighted by molar-refractivity contribution is 0.414. The van der Waals surface area contributed by atoms with Crippen molar-refractivity contribution in [1.82, 2.24) is 9.78 Å². The molecule has 0 radical (unpaired) electrons. The number of nitrogens with one attached hydrogen (secondary N) is 1. The van der Waals surface area contributed by atoms with E-state index in [0.29, 0.717) is 17.8 Å². The second-order valence-corrected chi connectivity index (χ2v) is 6.50. The maximum atomic E-state index is 13.2. The van der Waals surface area contributed by atoms with Crippen LogP contribution in [0.25, 0.3) is 5.69 Å². The van der Waals surface area contributed by atoms with Gasteiger partial charge in [-0.15, -0.1) is 0 Å². The van der Waals surface area contributed by atoms with Crippen LogP contribution >= 0.6 is 0 Å². The van der Waals surface area contributed by atoms with Crippen LogP contribution < -0.4 is 10.3 Å². The molecule has 3 aromatic rings. The first-order valence-corrected chi connectivity index (χ1v) is 9.35. The summed E-state index contributed by atoms with van der Waals surface area (Å²) in [6.45, 7) is 2.64. The third-order valence-electron chi connectivity index (χ3n) is 4.50. The highest BCUT2D eigenvalue weighted by atomic mass is 19.1. The standard InChI is InChI=1S/C22H24FN3O2/c1-3-4-21-20(15-24-14-13-16-5-11-19(28-2)12-6-16)22(27)26(25-21)18-9-7-17(23)8-10-18/h5-12,15,25H,3-4,13-14H2,1-2H3. The summed E-state index contributed by atoms with van der Waals surface area (Å²) in [4.78, 5) is 17.3.